The third kappa shape index (κ3) is 4.07. The number of aryl methyl sites for hydroxylation is 1. The van der Waals surface area contributed by atoms with Crippen LogP contribution in [0.1, 0.15) is 27.4 Å². The van der Waals surface area contributed by atoms with E-state index in [2.05, 4.69) is 35.2 Å². The van der Waals surface area contributed by atoms with E-state index >= 15 is 0 Å². The summed E-state index contributed by atoms with van der Waals surface area (Å²) in [6.07, 6.45) is 6.28. The summed E-state index contributed by atoms with van der Waals surface area (Å²) >= 11 is 0. The van der Waals surface area contributed by atoms with Gasteiger partial charge >= 0.3 is 0 Å². The molecule has 33 heavy (non-hydrogen) atoms. The highest BCUT2D eigenvalue weighted by Crippen LogP contribution is 2.32. The van der Waals surface area contributed by atoms with Gasteiger partial charge in [0.1, 0.15) is 0 Å². The van der Waals surface area contributed by atoms with Gasteiger partial charge in [-0.1, -0.05) is 30.3 Å². The van der Waals surface area contributed by atoms with Gasteiger partial charge in [-0.15, -0.1) is 0 Å². The van der Waals surface area contributed by atoms with E-state index in [0.717, 1.165) is 16.6 Å². The number of hydrogen-bond acceptors (Lipinski definition) is 6. The Morgan fingerprint density at radius 1 is 1.03 bits per heavy atom. The van der Waals surface area contributed by atoms with E-state index in [1.54, 1.807) is 36.9 Å². The van der Waals surface area contributed by atoms with Crippen molar-refractivity contribution >= 4 is 34.0 Å². The number of nitrogens with one attached hydrogen (secondary N) is 3. The van der Waals surface area contributed by atoms with Crippen molar-refractivity contribution in [3.63, 3.8) is 0 Å². The standard InChI is InChI=1S/C24H19N7O2/c1-14-12-27-22(28-14)24(33)29-16-7-8-17-18(11-16)30-23(32)20(17)21(15-5-3-2-4-6-15)31-19-13-25-9-10-26-19/h2-13,30,32H,1H3,(H,27,28)(H,29,33). The Hall–Kier alpha value is -4.79. The van der Waals surface area contributed by atoms with E-state index in [0.29, 0.717) is 28.3 Å². The zero-order chi connectivity index (χ0) is 22.8. The number of nitrogens with zero attached hydrogens (tertiary/aromatic N) is 4. The Labute approximate surface area is 188 Å². The Balaban J connectivity index is 1.57. The summed E-state index contributed by atoms with van der Waals surface area (Å²) in [6, 6.07) is 14.9. The summed E-state index contributed by atoms with van der Waals surface area (Å²) in [5.41, 5.74) is 3.87. The Morgan fingerprint density at radius 3 is 2.61 bits per heavy atom. The molecule has 5 aromatic rings. The number of aromatic hydroxyl groups is 1. The molecule has 162 valence electrons. The molecule has 0 aliphatic heterocycles. The first-order valence-corrected chi connectivity index (χ1v) is 10.2. The molecule has 0 atom stereocenters. The molecule has 0 fully saturated rings. The van der Waals surface area contributed by atoms with Crippen LogP contribution in [0.15, 0.2) is 78.3 Å². The van der Waals surface area contributed by atoms with Crippen molar-refractivity contribution < 1.29 is 9.90 Å². The maximum Gasteiger partial charge on any atom is 0.291 e. The van der Waals surface area contributed by atoms with Crippen LogP contribution in [0.5, 0.6) is 5.88 Å². The lowest BCUT2D eigenvalue weighted by molar-refractivity contribution is 0.101. The third-order valence-corrected chi connectivity index (χ3v) is 5.01. The molecule has 0 spiro atoms. The van der Waals surface area contributed by atoms with E-state index < -0.39 is 0 Å². The molecule has 9 heteroatoms. The zero-order valence-corrected chi connectivity index (χ0v) is 17.6. The number of fused-ring (bicyclic) bond motifs is 1. The van der Waals surface area contributed by atoms with Gasteiger partial charge in [0.15, 0.2) is 17.5 Å². The SMILES string of the molecule is Cc1cnc(C(=O)Nc2ccc3c(C(=Nc4cnccn4)c4ccccc4)c(O)[nH]c3c2)[nH]1. The highest BCUT2D eigenvalue weighted by Gasteiger charge is 2.19. The van der Waals surface area contributed by atoms with Gasteiger partial charge in [0, 0.05) is 40.9 Å². The number of amides is 1. The van der Waals surface area contributed by atoms with E-state index in [4.69, 9.17) is 0 Å². The lowest BCUT2D eigenvalue weighted by Gasteiger charge is -2.08. The molecule has 2 aromatic carbocycles. The smallest absolute Gasteiger partial charge is 0.291 e. The van der Waals surface area contributed by atoms with Crippen LogP contribution in [0, 0.1) is 6.92 Å². The van der Waals surface area contributed by atoms with Crippen molar-refractivity contribution in [2.24, 2.45) is 4.99 Å². The third-order valence-electron chi connectivity index (χ3n) is 5.01. The highest BCUT2D eigenvalue weighted by molar-refractivity contribution is 6.22. The van der Waals surface area contributed by atoms with E-state index in [1.165, 1.54) is 0 Å². The fourth-order valence-electron chi connectivity index (χ4n) is 3.54. The zero-order valence-electron chi connectivity index (χ0n) is 17.6. The second kappa shape index (κ2) is 8.39. The van der Waals surface area contributed by atoms with Crippen molar-refractivity contribution in [3.05, 3.63) is 96.0 Å². The Bertz CT molecular complexity index is 1470. The largest absolute Gasteiger partial charge is 0.494 e. The van der Waals surface area contributed by atoms with Crippen LogP contribution in [-0.2, 0) is 0 Å². The molecule has 3 heterocycles. The fraction of sp³-hybridized carbons (Fsp3) is 0.0417. The lowest BCUT2D eigenvalue weighted by Crippen LogP contribution is -2.13. The van der Waals surface area contributed by atoms with Crippen molar-refractivity contribution in [2.45, 2.75) is 6.92 Å². The predicted octanol–water partition coefficient (Wildman–Crippen LogP) is 4.12. The average molecular weight is 437 g/mol. The van der Waals surface area contributed by atoms with Gasteiger partial charge in [-0.25, -0.2) is 15.0 Å². The van der Waals surface area contributed by atoms with Crippen LogP contribution in [0.25, 0.3) is 10.9 Å². The van der Waals surface area contributed by atoms with E-state index in [1.807, 2.05) is 43.3 Å². The topological polar surface area (TPSA) is 132 Å². The summed E-state index contributed by atoms with van der Waals surface area (Å²) in [5, 5.41) is 14.4. The summed E-state index contributed by atoms with van der Waals surface area (Å²) in [7, 11) is 0. The van der Waals surface area contributed by atoms with Crippen LogP contribution in [0.4, 0.5) is 11.5 Å². The van der Waals surface area contributed by atoms with Crippen LogP contribution in [-0.4, -0.2) is 41.6 Å². The Kier molecular flexibility index (Phi) is 5.12. The van der Waals surface area contributed by atoms with Crippen molar-refractivity contribution in [1.29, 1.82) is 0 Å². The first-order valence-electron chi connectivity index (χ1n) is 10.2. The summed E-state index contributed by atoms with van der Waals surface area (Å²) in [6.45, 7) is 1.83. The number of imidazole rings is 1. The molecule has 5 rings (SSSR count). The number of H-pyrrole nitrogens is 2. The molecular weight excluding hydrogens is 418 g/mol. The molecular formula is C24H19N7O2. The number of aromatic amines is 2. The fourth-order valence-corrected chi connectivity index (χ4v) is 3.54. The predicted molar refractivity (Wildman–Crippen MR) is 125 cm³/mol. The minimum Gasteiger partial charge on any atom is -0.494 e. The minimum absolute atomic E-state index is 0.0402. The number of benzene rings is 2. The number of carbonyl (C=O) groups excluding carboxylic acids is 1. The Morgan fingerprint density at radius 2 is 1.88 bits per heavy atom. The maximum atomic E-state index is 12.4. The summed E-state index contributed by atoms with van der Waals surface area (Å²) in [5.74, 6) is 0.252. The maximum absolute atomic E-state index is 12.4. The first kappa shape index (κ1) is 20.1. The highest BCUT2D eigenvalue weighted by atomic mass is 16.3. The summed E-state index contributed by atoms with van der Waals surface area (Å²) in [4.78, 5) is 35.4. The average Bonchev–Trinajstić information content (AvgIpc) is 3.41. The molecule has 0 bridgehead atoms. The monoisotopic (exact) mass is 437 g/mol. The molecule has 0 saturated carbocycles. The van der Waals surface area contributed by atoms with Crippen LogP contribution < -0.4 is 5.32 Å². The van der Waals surface area contributed by atoms with Crippen LogP contribution in [0.2, 0.25) is 0 Å². The molecule has 0 saturated heterocycles. The molecule has 4 N–H and O–H groups in total. The second-order valence-electron chi connectivity index (χ2n) is 7.37. The molecule has 0 unspecified atom stereocenters. The number of anilines is 1. The molecule has 0 aliphatic rings. The van der Waals surface area contributed by atoms with Gasteiger partial charge in [0.2, 0.25) is 0 Å². The van der Waals surface area contributed by atoms with E-state index in [-0.39, 0.29) is 17.6 Å². The second-order valence-corrected chi connectivity index (χ2v) is 7.37. The van der Waals surface area contributed by atoms with E-state index in [9.17, 15) is 9.90 Å². The number of aliphatic imine (C=N–C) groups is 1. The molecule has 0 radical (unpaired) electrons. The molecule has 1 amide bonds. The summed E-state index contributed by atoms with van der Waals surface area (Å²) < 4.78 is 0. The molecule has 0 aliphatic carbocycles. The normalized spacial score (nSPS) is 11.6. The van der Waals surface area contributed by atoms with Crippen LogP contribution >= 0.6 is 0 Å². The number of carbonyl (C=O) groups is 1. The van der Waals surface area contributed by atoms with Crippen LogP contribution in [0.3, 0.4) is 0 Å². The van der Waals surface area contributed by atoms with Gasteiger partial charge in [0.25, 0.3) is 5.91 Å². The van der Waals surface area contributed by atoms with Gasteiger partial charge < -0.3 is 20.4 Å². The van der Waals surface area contributed by atoms with Crippen molar-refractivity contribution in [3.8, 4) is 5.88 Å². The number of aromatic nitrogens is 5. The number of rotatable bonds is 5. The van der Waals surface area contributed by atoms with Crippen molar-refractivity contribution in [2.75, 3.05) is 5.32 Å². The van der Waals surface area contributed by atoms with Gasteiger partial charge in [0.05, 0.1) is 23.0 Å². The van der Waals surface area contributed by atoms with Crippen molar-refractivity contribution in [1.82, 2.24) is 24.9 Å². The molecule has 3 aromatic heterocycles. The minimum atomic E-state index is -0.354. The van der Waals surface area contributed by atoms with Gasteiger partial charge in [-0.2, -0.15) is 0 Å². The molecule has 9 nitrogen and oxygen atoms in total. The lowest BCUT2D eigenvalue weighted by atomic mass is 10.0. The first-order chi connectivity index (χ1) is 16.1. The van der Waals surface area contributed by atoms with Gasteiger partial charge in [-0.05, 0) is 25.1 Å². The number of hydrogen-bond donors (Lipinski definition) is 4. The van der Waals surface area contributed by atoms with Gasteiger partial charge in [-0.3, -0.25) is 9.78 Å². The quantitative estimate of drug-likeness (QED) is 0.307.